The van der Waals surface area contributed by atoms with Crippen molar-refractivity contribution >= 4 is 5.91 Å². The smallest absolute Gasteiger partial charge is 0.220 e. The molecule has 88 valence electrons. The molecule has 0 aliphatic rings. The minimum Gasteiger partial charge on any atom is -0.497 e. The van der Waals surface area contributed by atoms with Crippen molar-refractivity contribution in [2.45, 2.75) is 26.2 Å². The van der Waals surface area contributed by atoms with Crippen LogP contribution in [0.2, 0.25) is 0 Å². The summed E-state index contributed by atoms with van der Waals surface area (Å²) in [6.45, 7) is 3.93. The molecule has 0 fully saturated rings. The highest BCUT2D eigenvalue weighted by Gasteiger charge is 2.22. The van der Waals surface area contributed by atoms with E-state index in [1.807, 2.05) is 31.2 Å². The average molecular weight is 221 g/mol. The topological polar surface area (TPSA) is 52.3 Å². The van der Waals surface area contributed by atoms with E-state index in [1.165, 1.54) is 0 Å². The fraction of sp³-hybridized carbons (Fsp3) is 0.462. The van der Waals surface area contributed by atoms with Crippen LogP contribution < -0.4 is 10.5 Å². The van der Waals surface area contributed by atoms with Gasteiger partial charge >= 0.3 is 0 Å². The van der Waals surface area contributed by atoms with Crippen molar-refractivity contribution in [3.05, 3.63) is 29.8 Å². The normalized spacial score (nSPS) is 14.2. The number of hydrogen-bond donors (Lipinski definition) is 1. The van der Waals surface area contributed by atoms with Crippen molar-refractivity contribution in [2.24, 2.45) is 11.7 Å². The summed E-state index contributed by atoms with van der Waals surface area (Å²) in [5.41, 5.74) is 6.45. The number of nitrogens with two attached hydrogens (primary N) is 1. The number of methoxy groups -OCH3 is 1. The third kappa shape index (κ3) is 2.75. The van der Waals surface area contributed by atoms with Gasteiger partial charge in [-0.2, -0.15) is 0 Å². The van der Waals surface area contributed by atoms with E-state index >= 15 is 0 Å². The lowest BCUT2D eigenvalue weighted by Gasteiger charge is -2.20. The molecule has 1 rings (SSSR count). The number of rotatable bonds is 5. The van der Waals surface area contributed by atoms with Crippen LogP contribution in [-0.4, -0.2) is 13.0 Å². The Balaban J connectivity index is 2.98. The number of amides is 1. The fourth-order valence-corrected chi connectivity index (χ4v) is 1.95. The van der Waals surface area contributed by atoms with E-state index < -0.39 is 0 Å². The maximum absolute atomic E-state index is 11.2. The molecule has 2 N–H and O–H groups in total. The maximum Gasteiger partial charge on any atom is 0.220 e. The third-order valence-electron chi connectivity index (χ3n) is 3.01. The molecule has 16 heavy (non-hydrogen) atoms. The Kier molecular flexibility index (Phi) is 4.35. The number of ether oxygens (including phenoxy) is 1. The largest absolute Gasteiger partial charge is 0.497 e. The molecule has 0 aliphatic heterocycles. The molecule has 1 aromatic carbocycles. The minimum absolute atomic E-state index is 0.155. The molecule has 0 saturated heterocycles. The van der Waals surface area contributed by atoms with E-state index in [0.717, 1.165) is 17.7 Å². The molecule has 0 aromatic heterocycles. The average Bonchev–Trinajstić information content (AvgIpc) is 2.30. The standard InChI is InChI=1S/C13H19NO2/c1-4-12(9(2)13(14)15)10-6-5-7-11(8-10)16-3/h5-9,12H,4H2,1-3H3,(H2,14,15). The predicted molar refractivity (Wildman–Crippen MR) is 64.4 cm³/mol. The molecule has 2 unspecified atom stereocenters. The molecule has 0 aliphatic carbocycles. The van der Waals surface area contributed by atoms with Crippen LogP contribution in [-0.2, 0) is 4.79 Å². The van der Waals surface area contributed by atoms with Crippen LogP contribution in [0.1, 0.15) is 31.7 Å². The lowest BCUT2D eigenvalue weighted by molar-refractivity contribution is -0.122. The van der Waals surface area contributed by atoms with Crippen molar-refractivity contribution in [1.29, 1.82) is 0 Å². The van der Waals surface area contributed by atoms with Gasteiger partial charge in [-0.1, -0.05) is 26.0 Å². The van der Waals surface area contributed by atoms with Crippen LogP contribution in [0.15, 0.2) is 24.3 Å². The lowest BCUT2D eigenvalue weighted by atomic mass is 9.85. The molecule has 0 saturated carbocycles. The van der Waals surface area contributed by atoms with Crippen molar-refractivity contribution in [3.63, 3.8) is 0 Å². The Morgan fingerprint density at radius 3 is 2.69 bits per heavy atom. The van der Waals surface area contributed by atoms with Gasteiger partial charge in [0, 0.05) is 5.92 Å². The molecule has 0 bridgehead atoms. The molecule has 0 radical (unpaired) electrons. The Morgan fingerprint density at radius 2 is 2.19 bits per heavy atom. The quantitative estimate of drug-likeness (QED) is 0.829. The predicted octanol–water partition coefficient (Wildman–Crippen LogP) is 2.31. The first-order valence-electron chi connectivity index (χ1n) is 5.53. The molecule has 3 heteroatoms. The van der Waals surface area contributed by atoms with Gasteiger partial charge in [0.2, 0.25) is 5.91 Å². The van der Waals surface area contributed by atoms with E-state index in [9.17, 15) is 4.79 Å². The van der Waals surface area contributed by atoms with Crippen LogP contribution >= 0.6 is 0 Å². The first kappa shape index (κ1) is 12.6. The summed E-state index contributed by atoms with van der Waals surface area (Å²) in [5, 5.41) is 0. The van der Waals surface area contributed by atoms with Gasteiger partial charge in [-0.3, -0.25) is 4.79 Å². The third-order valence-corrected chi connectivity index (χ3v) is 3.01. The Morgan fingerprint density at radius 1 is 1.50 bits per heavy atom. The molecular formula is C13H19NO2. The highest BCUT2D eigenvalue weighted by molar-refractivity contribution is 5.77. The Hall–Kier alpha value is -1.51. The number of benzene rings is 1. The van der Waals surface area contributed by atoms with Gasteiger partial charge < -0.3 is 10.5 Å². The van der Waals surface area contributed by atoms with Crippen molar-refractivity contribution in [3.8, 4) is 5.75 Å². The maximum atomic E-state index is 11.2. The van der Waals surface area contributed by atoms with Crippen molar-refractivity contribution in [1.82, 2.24) is 0 Å². The van der Waals surface area contributed by atoms with Gasteiger partial charge in [-0.15, -0.1) is 0 Å². The van der Waals surface area contributed by atoms with E-state index in [1.54, 1.807) is 7.11 Å². The van der Waals surface area contributed by atoms with Crippen LogP contribution in [0, 0.1) is 5.92 Å². The Bertz CT molecular complexity index is 363. The van der Waals surface area contributed by atoms with Gasteiger partial charge in [0.15, 0.2) is 0 Å². The number of primary amides is 1. The lowest BCUT2D eigenvalue weighted by Crippen LogP contribution is -2.26. The minimum atomic E-state index is -0.255. The number of hydrogen-bond acceptors (Lipinski definition) is 2. The first-order chi connectivity index (χ1) is 7.60. The van der Waals surface area contributed by atoms with E-state index in [-0.39, 0.29) is 17.7 Å². The van der Waals surface area contributed by atoms with Gasteiger partial charge in [0.05, 0.1) is 7.11 Å². The summed E-state index contributed by atoms with van der Waals surface area (Å²) in [5.74, 6) is 0.562. The number of carbonyl (C=O) groups excluding carboxylic acids is 1. The van der Waals surface area contributed by atoms with Gasteiger partial charge in [-0.25, -0.2) is 0 Å². The second kappa shape index (κ2) is 5.54. The summed E-state index contributed by atoms with van der Waals surface area (Å²) in [6.07, 6.45) is 0.886. The van der Waals surface area contributed by atoms with Crippen LogP contribution in [0.3, 0.4) is 0 Å². The van der Waals surface area contributed by atoms with Crippen LogP contribution in [0.25, 0.3) is 0 Å². The summed E-state index contributed by atoms with van der Waals surface area (Å²) < 4.78 is 5.17. The molecule has 1 aromatic rings. The second-order valence-corrected chi connectivity index (χ2v) is 3.98. The zero-order valence-electron chi connectivity index (χ0n) is 10.1. The van der Waals surface area contributed by atoms with Crippen LogP contribution in [0.5, 0.6) is 5.75 Å². The molecule has 0 heterocycles. The summed E-state index contributed by atoms with van der Waals surface area (Å²) >= 11 is 0. The highest BCUT2D eigenvalue weighted by Crippen LogP contribution is 2.29. The molecular weight excluding hydrogens is 202 g/mol. The van der Waals surface area contributed by atoms with E-state index in [4.69, 9.17) is 10.5 Å². The van der Waals surface area contributed by atoms with E-state index in [0.29, 0.717) is 0 Å². The highest BCUT2D eigenvalue weighted by atomic mass is 16.5. The summed E-state index contributed by atoms with van der Waals surface area (Å²) in [7, 11) is 1.64. The molecule has 1 amide bonds. The SMILES string of the molecule is CCC(c1cccc(OC)c1)C(C)C(N)=O. The van der Waals surface area contributed by atoms with Crippen molar-refractivity contribution in [2.75, 3.05) is 7.11 Å². The van der Waals surface area contributed by atoms with Crippen LogP contribution in [0.4, 0.5) is 0 Å². The summed E-state index contributed by atoms with van der Waals surface area (Å²) in [6, 6.07) is 7.80. The monoisotopic (exact) mass is 221 g/mol. The fourth-order valence-electron chi connectivity index (χ4n) is 1.95. The second-order valence-electron chi connectivity index (χ2n) is 3.98. The van der Waals surface area contributed by atoms with Gasteiger partial charge in [-0.05, 0) is 30.0 Å². The van der Waals surface area contributed by atoms with Gasteiger partial charge in [0.25, 0.3) is 0 Å². The van der Waals surface area contributed by atoms with E-state index in [2.05, 4.69) is 6.92 Å². The summed E-state index contributed by atoms with van der Waals surface area (Å²) in [4.78, 5) is 11.2. The zero-order valence-corrected chi connectivity index (χ0v) is 10.1. The first-order valence-corrected chi connectivity index (χ1v) is 5.53. The van der Waals surface area contributed by atoms with Crippen molar-refractivity contribution < 1.29 is 9.53 Å². The van der Waals surface area contributed by atoms with Gasteiger partial charge in [0.1, 0.15) is 5.75 Å². The molecule has 0 spiro atoms. The molecule has 2 atom stereocenters. The number of carbonyl (C=O) groups is 1. The molecule has 3 nitrogen and oxygen atoms in total. The zero-order chi connectivity index (χ0) is 12.1. The Labute approximate surface area is 96.6 Å².